The lowest BCUT2D eigenvalue weighted by Gasteiger charge is -2.33. The van der Waals surface area contributed by atoms with Crippen LogP contribution in [0.1, 0.15) is 33.6 Å². The van der Waals surface area contributed by atoms with Gasteiger partial charge in [-0.05, 0) is 33.6 Å². The van der Waals surface area contributed by atoms with Crippen molar-refractivity contribution >= 4 is 25.8 Å². The molecule has 2 rings (SSSR count). The number of likely N-dealkylation sites (tertiary alicyclic amines) is 1. The molecule has 2 saturated heterocycles. The molecule has 2 aliphatic rings. The summed E-state index contributed by atoms with van der Waals surface area (Å²) in [7, 11) is 1.31. The number of hydrogen-bond donors (Lipinski definition) is 0. The van der Waals surface area contributed by atoms with Crippen molar-refractivity contribution in [3.8, 4) is 0 Å². The van der Waals surface area contributed by atoms with Crippen LogP contribution in [0.3, 0.4) is 0 Å². The van der Waals surface area contributed by atoms with Crippen molar-refractivity contribution in [2.75, 3.05) is 45.6 Å². The third kappa shape index (κ3) is 9.66. The highest BCUT2D eigenvalue weighted by Crippen LogP contribution is 2.21. The summed E-state index contributed by atoms with van der Waals surface area (Å²) in [6.07, 6.45) is 2.92. The Hall–Kier alpha value is -0.570. The Morgan fingerprint density at radius 2 is 1.79 bits per heavy atom. The number of carbonyl (C=O) groups excluding carboxylic acids is 1. The minimum Gasteiger partial charge on any atom is -0.444 e. The van der Waals surface area contributed by atoms with Gasteiger partial charge in [0.05, 0.1) is 19.5 Å². The molecule has 0 aliphatic carbocycles. The zero-order chi connectivity index (χ0) is 18.4. The second-order valence-corrected chi connectivity index (χ2v) is 10.1. The first-order valence-corrected chi connectivity index (χ1v) is 10.9. The smallest absolute Gasteiger partial charge is 0.410 e. The molecule has 0 radical (unpaired) electrons. The van der Waals surface area contributed by atoms with E-state index < -0.39 is 14.7 Å². The van der Waals surface area contributed by atoms with Gasteiger partial charge in [-0.1, -0.05) is 0 Å². The molecule has 2 aliphatic heterocycles. The molecule has 1 atom stereocenters. The summed E-state index contributed by atoms with van der Waals surface area (Å²) in [6, 6.07) is 0.299. The normalized spacial score (nSPS) is 22.7. The third-order valence-corrected chi connectivity index (χ3v) is 3.58. The van der Waals surface area contributed by atoms with Crippen molar-refractivity contribution in [1.82, 2.24) is 9.80 Å². The first kappa shape index (κ1) is 21.5. The summed E-state index contributed by atoms with van der Waals surface area (Å²) in [6.45, 7) is 11.1. The molecule has 2 heterocycles. The SMILES string of the molecule is CC(C)(C)OC(=O)N1CCCC1CN1CCOCC1.CS(=O)(=O)Cl. The van der Waals surface area contributed by atoms with Gasteiger partial charge in [-0.3, -0.25) is 4.90 Å². The molecule has 142 valence electrons. The van der Waals surface area contributed by atoms with Crippen molar-refractivity contribution < 1.29 is 22.7 Å². The highest BCUT2D eigenvalue weighted by atomic mass is 35.7. The van der Waals surface area contributed by atoms with Gasteiger partial charge in [-0.25, -0.2) is 13.2 Å². The van der Waals surface area contributed by atoms with Crippen LogP contribution < -0.4 is 0 Å². The summed E-state index contributed by atoms with van der Waals surface area (Å²) in [5.74, 6) is 0. The van der Waals surface area contributed by atoms with Gasteiger partial charge >= 0.3 is 6.09 Å². The van der Waals surface area contributed by atoms with Gasteiger partial charge in [0.2, 0.25) is 9.05 Å². The van der Waals surface area contributed by atoms with Crippen molar-refractivity contribution in [2.45, 2.75) is 45.3 Å². The van der Waals surface area contributed by atoms with E-state index in [2.05, 4.69) is 15.6 Å². The number of halogens is 1. The molecule has 1 unspecified atom stereocenters. The van der Waals surface area contributed by atoms with E-state index in [1.165, 1.54) is 0 Å². The lowest BCUT2D eigenvalue weighted by molar-refractivity contribution is 0.00796. The summed E-state index contributed by atoms with van der Waals surface area (Å²) in [4.78, 5) is 16.5. The van der Waals surface area contributed by atoms with Crippen LogP contribution in [-0.2, 0) is 18.5 Å². The fourth-order valence-corrected chi connectivity index (χ4v) is 2.67. The van der Waals surface area contributed by atoms with E-state index in [9.17, 15) is 13.2 Å². The van der Waals surface area contributed by atoms with E-state index in [1.54, 1.807) is 0 Å². The van der Waals surface area contributed by atoms with E-state index in [4.69, 9.17) is 9.47 Å². The zero-order valence-corrected chi connectivity index (χ0v) is 16.5. The first-order valence-electron chi connectivity index (χ1n) is 8.15. The summed E-state index contributed by atoms with van der Waals surface area (Å²) < 4.78 is 29.6. The van der Waals surface area contributed by atoms with Crippen LogP contribution in [0.2, 0.25) is 0 Å². The fourth-order valence-electron chi connectivity index (χ4n) is 2.67. The van der Waals surface area contributed by atoms with Gasteiger partial charge in [0.25, 0.3) is 0 Å². The predicted octanol–water partition coefficient (Wildman–Crippen LogP) is 1.90. The minimum absolute atomic E-state index is 0.164. The summed E-state index contributed by atoms with van der Waals surface area (Å²) in [5.41, 5.74) is -0.414. The van der Waals surface area contributed by atoms with Crippen LogP contribution in [-0.4, -0.2) is 81.6 Å². The quantitative estimate of drug-likeness (QED) is 0.677. The molecule has 0 bridgehead atoms. The van der Waals surface area contributed by atoms with E-state index in [1.807, 2.05) is 25.7 Å². The maximum Gasteiger partial charge on any atom is 0.410 e. The monoisotopic (exact) mass is 384 g/mol. The van der Waals surface area contributed by atoms with E-state index in [-0.39, 0.29) is 6.09 Å². The average Bonchev–Trinajstić information content (AvgIpc) is 2.84. The lowest BCUT2D eigenvalue weighted by Crippen LogP contribution is -2.47. The molecule has 0 spiro atoms. The second kappa shape index (κ2) is 9.22. The number of morpholine rings is 1. The average molecular weight is 385 g/mol. The molecule has 0 aromatic carbocycles. The van der Waals surface area contributed by atoms with Gasteiger partial charge in [0, 0.05) is 42.9 Å². The maximum atomic E-state index is 12.2. The first-order chi connectivity index (χ1) is 11.0. The molecule has 24 heavy (non-hydrogen) atoms. The second-order valence-electron chi connectivity index (χ2n) is 7.06. The van der Waals surface area contributed by atoms with Crippen molar-refractivity contribution in [1.29, 1.82) is 0 Å². The predicted molar refractivity (Wildman–Crippen MR) is 93.9 cm³/mol. The Morgan fingerprint density at radius 3 is 2.29 bits per heavy atom. The number of rotatable bonds is 2. The van der Waals surface area contributed by atoms with Crippen LogP contribution in [0.4, 0.5) is 4.79 Å². The van der Waals surface area contributed by atoms with E-state index in [0.29, 0.717) is 6.04 Å². The van der Waals surface area contributed by atoms with Crippen LogP contribution in [0, 0.1) is 0 Å². The number of nitrogens with zero attached hydrogens (tertiary/aromatic N) is 2. The van der Waals surface area contributed by atoms with E-state index >= 15 is 0 Å². The molecule has 0 aromatic heterocycles. The molecule has 9 heteroatoms. The molecule has 0 aromatic rings. The van der Waals surface area contributed by atoms with Gasteiger partial charge in [-0.15, -0.1) is 0 Å². The largest absolute Gasteiger partial charge is 0.444 e. The molecule has 2 fully saturated rings. The Bertz CT molecular complexity index is 492. The van der Waals surface area contributed by atoms with Crippen molar-refractivity contribution in [2.24, 2.45) is 0 Å². The number of amides is 1. The molecular weight excluding hydrogens is 356 g/mol. The number of carbonyl (C=O) groups is 1. The topological polar surface area (TPSA) is 76.2 Å². The van der Waals surface area contributed by atoms with Crippen molar-refractivity contribution in [3.05, 3.63) is 0 Å². The lowest BCUT2D eigenvalue weighted by atomic mass is 10.2. The van der Waals surface area contributed by atoms with Crippen LogP contribution in [0.15, 0.2) is 0 Å². The van der Waals surface area contributed by atoms with Crippen LogP contribution in [0.25, 0.3) is 0 Å². The molecule has 1 amide bonds. The Morgan fingerprint density at radius 1 is 1.25 bits per heavy atom. The standard InChI is InChI=1S/C14H26N2O3.CH3ClO2S/c1-14(2,3)19-13(17)16-6-4-5-12(16)11-15-7-9-18-10-8-15;1-5(2,3)4/h12H,4-11H2,1-3H3;1H3. The highest BCUT2D eigenvalue weighted by molar-refractivity contribution is 8.13. The van der Waals surface area contributed by atoms with Crippen LogP contribution >= 0.6 is 10.7 Å². The molecular formula is C15H29ClN2O5S. The molecule has 0 saturated carbocycles. The maximum absolute atomic E-state index is 12.2. The molecule has 7 nitrogen and oxygen atoms in total. The van der Waals surface area contributed by atoms with Gasteiger partial charge in [-0.2, -0.15) is 0 Å². The van der Waals surface area contributed by atoms with Gasteiger partial charge < -0.3 is 14.4 Å². The third-order valence-electron chi connectivity index (χ3n) is 3.58. The van der Waals surface area contributed by atoms with E-state index in [0.717, 1.165) is 58.5 Å². The Balaban J connectivity index is 0.000000505. The number of hydrogen-bond acceptors (Lipinski definition) is 6. The van der Waals surface area contributed by atoms with Crippen LogP contribution in [0.5, 0.6) is 0 Å². The summed E-state index contributed by atoms with van der Waals surface area (Å²) >= 11 is 0. The fraction of sp³-hybridized carbons (Fsp3) is 0.933. The Kier molecular flexibility index (Phi) is 8.25. The van der Waals surface area contributed by atoms with Gasteiger partial charge in [0.1, 0.15) is 5.60 Å². The Labute approximate surface area is 149 Å². The zero-order valence-electron chi connectivity index (χ0n) is 15.0. The molecule has 0 N–H and O–H groups in total. The highest BCUT2D eigenvalue weighted by Gasteiger charge is 2.33. The van der Waals surface area contributed by atoms with Crippen molar-refractivity contribution in [3.63, 3.8) is 0 Å². The van der Waals surface area contributed by atoms with Gasteiger partial charge in [0.15, 0.2) is 0 Å². The minimum atomic E-state index is -3.19. The number of ether oxygens (including phenoxy) is 2. The summed E-state index contributed by atoms with van der Waals surface area (Å²) in [5, 5.41) is 0.